The Balaban J connectivity index is 0.000000139. The van der Waals surface area contributed by atoms with E-state index in [1.807, 2.05) is 24.3 Å². The van der Waals surface area contributed by atoms with E-state index < -0.39 is 0 Å². The summed E-state index contributed by atoms with van der Waals surface area (Å²) in [5.41, 5.74) is 23.0. The lowest BCUT2D eigenvalue weighted by molar-refractivity contribution is 0.669. The number of fused-ring (bicyclic) bond motifs is 12. The summed E-state index contributed by atoms with van der Waals surface area (Å²) in [4.78, 5) is 0. The molecule has 0 saturated heterocycles. The molecule has 0 N–H and O–H groups in total. The molecule has 0 aliphatic rings. The molecule has 2 heterocycles. The zero-order valence-electron chi connectivity index (χ0n) is 49.1. The quantitative estimate of drug-likeness (QED) is 0.142. The maximum Gasteiger partial charge on any atom is 0.143 e. The van der Waals surface area contributed by atoms with Crippen molar-refractivity contribution < 1.29 is 8.83 Å². The predicted octanol–water partition coefficient (Wildman–Crippen LogP) is 25.1. The lowest BCUT2D eigenvalue weighted by atomic mass is 9.89. The van der Waals surface area contributed by atoms with Crippen LogP contribution in [-0.4, -0.2) is 0 Å². The fourth-order valence-corrected chi connectivity index (χ4v) is 13.7. The van der Waals surface area contributed by atoms with Gasteiger partial charge in [-0.1, -0.05) is 297 Å². The largest absolute Gasteiger partial charge is 0.455 e. The van der Waals surface area contributed by atoms with E-state index in [1.54, 1.807) is 0 Å². The van der Waals surface area contributed by atoms with Gasteiger partial charge in [-0.3, -0.25) is 0 Å². The minimum atomic E-state index is 0.922. The van der Waals surface area contributed by atoms with Crippen molar-refractivity contribution >= 4 is 87.0 Å². The fourth-order valence-electron chi connectivity index (χ4n) is 13.7. The summed E-state index contributed by atoms with van der Waals surface area (Å²) in [7, 11) is 0. The monoisotopic (exact) mass is 1140 g/mol. The first-order valence-electron chi connectivity index (χ1n) is 30.9. The van der Waals surface area contributed by atoms with Gasteiger partial charge in [0.15, 0.2) is 0 Å². The van der Waals surface area contributed by atoms with Gasteiger partial charge in [0.1, 0.15) is 22.3 Å². The number of furan rings is 2. The van der Waals surface area contributed by atoms with Crippen molar-refractivity contribution in [1.82, 2.24) is 0 Å². The zero-order valence-corrected chi connectivity index (χ0v) is 49.1. The maximum absolute atomic E-state index is 6.33. The first-order valence-corrected chi connectivity index (χ1v) is 30.9. The lowest BCUT2D eigenvalue weighted by Gasteiger charge is -2.14. The highest BCUT2D eigenvalue weighted by molar-refractivity contribution is 6.17. The standard InChI is InChI=1S/2C44H28O/c1-2-10-29(11-3-1)32-12-8-13-33(26-32)34-24-25-35-28-41(37-14-4-5-15-38(37)42(35)27-34)31-22-20-30(21-23-31)36-17-9-18-40-39-16-6-7-19-43(39)45-44(36)40;1-2-11-29(12-3-1)34-13-4-5-14-35(34)32-25-26-33-28-41(37-15-6-7-16-38(37)42(33)27-32)31-23-21-30(22-24-31)36-18-10-19-40-39-17-8-9-20-43(39)45-44(36)40/h2*1-28H. The minimum Gasteiger partial charge on any atom is -0.455 e. The molecule has 0 fully saturated rings. The molecular formula is C88H56O2. The van der Waals surface area contributed by atoms with Crippen molar-refractivity contribution in [2.75, 3.05) is 0 Å². The number of benzene rings is 16. The van der Waals surface area contributed by atoms with E-state index in [4.69, 9.17) is 8.83 Å². The van der Waals surface area contributed by atoms with E-state index in [1.165, 1.54) is 110 Å². The van der Waals surface area contributed by atoms with Crippen LogP contribution in [0.5, 0.6) is 0 Å². The predicted molar refractivity (Wildman–Crippen MR) is 381 cm³/mol. The molecule has 0 aliphatic heterocycles. The van der Waals surface area contributed by atoms with Gasteiger partial charge in [0.25, 0.3) is 0 Å². The molecule has 16 aromatic carbocycles. The van der Waals surface area contributed by atoms with Crippen LogP contribution < -0.4 is 0 Å². The van der Waals surface area contributed by atoms with Crippen LogP contribution in [0.2, 0.25) is 0 Å². The molecule has 420 valence electrons. The van der Waals surface area contributed by atoms with Gasteiger partial charge in [0.05, 0.1) is 0 Å². The molecule has 0 radical (unpaired) electrons. The van der Waals surface area contributed by atoms with Crippen LogP contribution in [0.25, 0.3) is 176 Å². The van der Waals surface area contributed by atoms with Gasteiger partial charge in [0, 0.05) is 32.7 Å². The van der Waals surface area contributed by atoms with Crippen molar-refractivity contribution in [3.05, 3.63) is 340 Å². The van der Waals surface area contributed by atoms with E-state index in [0.717, 1.165) is 66.1 Å². The normalized spacial score (nSPS) is 11.6. The van der Waals surface area contributed by atoms with E-state index in [9.17, 15) is 0 Å². The average molecular weight is 1150 g/mol. The summed E-state index contributed by atoms with van der Waals surface area (Å²) in [6.07, 6.45) is 0. The number of rotatable bonds is 8. The molecule has 0 aliphatic carbocycles. The first-order chi connectivity index (χ1) is 44.6. The van der Waals surface area contributed by atoms with Crippen molar-refractivity contribution in [3.8, 4) is 89.0 Å². The molecule has 0 unspecified atom stereocenters. The third-order valence-corrected chi connectivity index (χ3v) is 18.2. The van der Waals surface area contributed by atoms with Gasteiger partial charge in [-0.15, -0.1) is 0 Å². The van der Waals surface area contributed by atoms with Crippen LogP contribution in [0, 0.1) is 0 Å². The Morgan fingerprint density at radius 3 is 0.967 bits per heavy atom. The second-order valence-electron chi connectivity index (χ2n) is 23.4. The third kappa shape index (κ3) is 9.29. The van der Waals surface area contributed by atoms with Gasteiger partial charge in [0.2, 0.25) is 0 Å². The molecule has 2 nitrogen and oxygen atoms in total. The van der Waals surface area contributed by atoms with E-state index in [2.05, 4.69) is 315 Å². The molecule has 0 amide bonds. The van der Waals surface area contributed by atoms with Gasteiger partial charge < -0.3 is 8.83 Å². The van der Waals surface area contributed by atoms with Crippen molar-refractivity contribution in [2.45, 2.75) is 0 Å². The Morgan fingerprint density at radius 1 is 0.144 bits per heavy atom. The van der Waals surface area contributed by atoms with Crippen molar-refractivity contribution in [2.24, 2.45) is 0 Å². The summed E-state index contributed by atoms with van der Waals surface area (Å²) in [5, 5.41) is 14.7. The zero-order chi connectivity index (χ0) is 59.5. The van der Waals surface area contributed by atoms with E-state index in [0.29, 0.717) is 0 Å². The Morgan fingerprint density at radius 2 is 0.456 bits per heavy atom. The number of hydrogen-bond acceptors (Lipinski definition) is 2. The maximum atomic E-state index is 6.33. The Labute approximate surface area is 521 Å². The third-order valence-electron chi connectivity index (χ3n) is 18.2. The second kappa shape index (κ2) is 22.1. The van der Waals surface area contributed by atoms with Crippen LogP contribution in [-0.2, 0) is 0 Å². The minimum absolute atomic E-state index is 0.922. The van der Waals surface area contributed by atoms with Crippen molar-refractivity contribution in [3.63, 3.8) is 0 Å². The Hall–Kier alpha value is -11.8. The van der Waals surface area contributed by atoms with Crippen LogP contribution in [0.1, 0.15) is 0 Å². The smallest absolute Gasteiger partial charge is 0.143 e. The SMILES string of the molecule is c1ccc(-c2cccc(-c3ccc4cc(-c5ccc(-c6cccc7c6oc6ccccc67)cc5)c5ccccc5c4c3)c2)cc1.c1ccc(-c2ccccc2-c2ccc3cc(-c4ccc(-c5cccc6c5oc5ccccc56)cc4)c4ccccc4c3c2)cc1. The second-order valence-corrected chi connectivity index (χ2v) is 23.4. The highest BCUT2D eigenvalue weighted by atomic mass is 16.3. The topological polar surface area (TPSA) is 26.3 Å². The van der Waals surface area contributed by atoms with Gasteiger partial charge in [-0.2, -0.15) is 0 Å². The molecule has 2 heteroatoms. The lowest BCUT2D eigenvalue weighted by Crippen LogP contribution is -1.88. The van der Waals surface area contributed by atoms with Crippen LogP contribution in [0.15, 0.2) is 349 Å². The van der Waals surface area contributed by atoms with Crippen LogP contribution in [0.4, 0.5) is 0 Å². The highest BCUT2D eigenvalue weighted by Gasteiger charge is 2.18. The molecule has 18 rings (SSSR count). The molecule has 0 spiro atoms. The van der Waals surface area contributed by atoms with Gasteiger partial charge in [-0.25, -0.2) is 0 Å². The van der Waals surface area contributed by atoms with Crippen molar-refractivity contribution in [1.29, 1.82) is 0 Å². The summed E-state index contributed by atoms with van der Waals surface area (Å²) >= 11 is 0. The van der Waals surface area contributed by atoms with E-state index >= 15 is 0 Å². The molecule has 2 aromatic heterocycles. The average Bonchev–Trinajstić information content (AvgIpc) is 1.61. The summed E-state index contributed by atoms with van der Waals surface area (Å²) in [6, 6.07) is 122. The van der Waals surface area contributed by atoms with Crippen LogP contribution >= 0.6 is 0 Å². The Bertz CT molecular complexity index is 5750. The summed E-state index contributed by atoms with van der Waals surface area (Å²) < 4.78 is 12.7. The first kappa shape index (κ1) is 52.5. The van der Waals surface area contributed by atoms with E-state index in [-0.39, 0.29) is 0 Å². The molecule has 0 atom stereocenters. The Kier molecular flexibility index (Phi) is 12.9. The number of hydrogen-bond donors (Lipinski definition) is 0. The van der Waals surface area contributed by atoms with Crippen LogP contribution in [0.3, 0.4) is 0 Å². The summed E-state index contributed by atoms with van der Waals surface area (Å²) in [6.45, 7) is 0. The van der Waals surface area contributed by atoms with Gasteiger partial charge >= 0.3 is 0 Å². The highest BCUT2D eigenvalue weighted by Crippen LogP contribution is 2.44. The van der Waals surface area contributed by atoms with Gasteiger partial charge in [-0.05, 0) is 163 Å². The molecular weight excluding hydrogens is 1090 g/mol. The molecule has 0 bridgehead atoms. The molecule has 0 saturated carbocycles. The summed E-state index contributed by atoms with van der Waals surface area (Å²) in [5.74, 6) is 0. The fraction of sp³-hybridized carbons (Fsp3) is 0. The number of para-hydroxylation sites is 4. The molecule has 18 aromatic rings. The molecule has 90 heavy (non-hydrogen) atoms.